The van der Waals surface area contributed by atoms with Gasteiger partial charge in [-0.1, -0.05) is 54.5 Å². The van der Waals surface area contributed by atoms with Crippen LogP contribution in [-0.2, 0) is 0 Å². The summed E-state index contributed by atoms with van der Waals surface area (Å²) in [5, 5.41) is 1.23. The molecule has 0 spiro atoms. The molecular formula is C15H28BrP. The van der Waals surface area contributed by atoms with Crippen molar-refractivity contribution < 1.29 is 0 Å². The minimum Gasteiger partial charge on any atom is -0.100 e. The Labute approximate surface area is 117 Å². The second kappa shape index (κ2) is 8.16. The predicted molar refractivity (Wildman–Crippen MR) is 83.9 cm³/mol. The number of halogens is 1. The van der Waals surface area contributed by atoms with Crippen LogP contribution in [0.25, 0.3) is 0 Å². The van der Waals surface area contributed by atoms with Crippen LogP contribution in [0.5, 0.6) is 0 Å². The predicted octanol–water partition coefficient (Wildman–Crippen LogP) is 5.92. The van der Waals surface area contributed by atoms with Gasteiger partial charge in [0.1, 0.15) is 0 Å². The zero-order valence-corrected chi connectivity index (χ0v) is 13.7. The standard InChI is InChI=1S/C15H28BrP/c16-12-7-13-17(14-8-3-1-4-9-14)15-10-5-2-6-11-15/h14-15H,1-13H2. The van der Waals surface area contributed by atoms with Crippen LogP contribution in [0.3, 0.4) is 0 Å². The molecular weight excluding hydrogens is 291 g/mol. The molecule has 0 heterocycles. The Morgan fingerprint density at radius 2 is 1.24 bits per heavy atom. The van der Waals surface area contributed by atoms with Crippen LogP contribution in [-0.4, -0.2) is 22.8 Å². The first kappa shape index (κ1) is 14.3. The van der Waals surface area contributed by atoms with Gasteiger partial charge in [-0.3, -0.25) is 0 Å². The van der Waals surface area contributed by atoms with Gasteiger partial charge in [0.15, 0.2) is 0 Å². The molecule has 2 saturated carbocycles. The first-order valence-electron chi connectivity index (χ1n) is 7.73. The zero-order valence-electron chi connectivity index (χ0n) is 11.2. The van der Waals surface area contributed by atoms with Crippen molar-refractivity contribution in [2.45, 2.75) is 81.9 Å². The third kappa shape index (κ3) is 4.50. The fraction of sp³-hybridized carbons (Fsp3) is 1.00. The second-order valence-corrected chi connectivity index (χ2v) is 9.59. The molecule has 100 valence electrons. The van der Waals surface area contributed by atoms with E-state index in [2.05, 4.69) is 15.9 Å². The summed E-state index contributed by atoms with van der Waals surface area (Å²) in [5.74, 6) is 0. The maximum atomic E-state index is 3.64. The van der Waals surface area contributed by atoms with Crippen LogP contribution >= 0.6 is 23.9 Å². The van der Waals surface area contributed by atoms with E-state index in [9.17, 15) is 0 Å². The van der Waals surface area contributed by atoms with Gasteiger partial charge in [0, 0.05) is 5.33 Å². The molecule has 2 fully saturated rings. The van der Waals surface area contributed by atoms with E-state index < -0.39 is 0 Å². The van der Waals surface area contributed by atoms with Gasteiger partial charge >= 0.3 is 0 Å². The minimum absolute atomic E-state index is 0.367. The number of rotatable bonds is 5. The summed E-state index contributed by atoms with van der Waals surface area (Å²) in [7, 11) is 0.367. The summed E-state index contributed by atoms with van der Waals surface area (Å²) < 4.78 is 0. The number of hydrogen-bond donors (Lipinski definition) is 0. The fourth-order valence-corrected chi connectivity index (χ4v) is 8.35. The molecule has 0 N–H and O–H groups in total. The monoisotopic (exact) mass is 318 g/mol. The SMILES string of the molecule is BrCCCP(C1CCCCC1)C1CCCCC1. The third-order valence-corrected chi connectivity index (χ3v) is 8.94. The van der Waals surface area contributed by atoms with E-state index in [1.165, 1.54) is 50.3 Å². The molecule has 0 amide bonds. The quantitative estimate of drug-likeness (QED) is 0.436. The Hall–Kier alpha value is 0.910. The summed E-state index contributed by atoms with van der Waals surface area (Å²) in [5.41, 5.74) is 2.31. The zero-order chi connectivity index (χ0) is 11.9. The van der Waals surface area contributed by atoms with Crippen LogP contribution in [0.1, 0.15) is 70.6 Å². The summed E-state index contributed by atoms with van der Waals surface area (Å²) in [6, 6.07) is 0. The molecule has 0 aromatic carbocycles. The first-order chi connectivity index (χ1) is 8.42. The Morgan fingerprint density at radius 1 is 0.765 bits per heavy atom. The minimum atomic E-state index is 0.367. The van der Waals surface area contributed by atoms with Crippen molar-refractivity contribution >= 4 is 23.9 Å². The van der Waals surface area contributed by atoms with Gasteiger partial charge < -0.3 is 0 Å². The molecule has 2 rings (SSSR count). The molecule has 0 unspecified atom stereocenters. The average molecular weight is 319 g/mol. The van der Waals surface area contributed by atoms with Crippen LogP contribution in [0, 0.1) is 0 Å². The molecule has 2 aliphatic carbocycles. The normalized spacial score (nSPS) is 24.4. The molecule has 2 aliphatic rings. The van der Waals surface area contributed by atoms with Crippen LogP contribution < -0.4 is 0 Å². The molecule has 0 radical (unpaired) electrons. The van der Waals surface area contributed by atoms with Gasteiger partial charge in [-0.05, 0) is 49.6 Å². The van der Waals surface area contributed by atoms with Gasteiger partial charge in [-0.25, -0.2) is 0 Å². The van der Waals surface area contributed by atoms with E-state index >= 15 is 0 Å². The van der Waals surface area contributed by atoms with Crippen molar-refractivity contribution in [3.8, 4) is 0 Å². The number of alkyl halides is 1. The lowest BCUT2D eigenvalue weighted by Crippen LogP contribution is -2.22. The highest BCUT2D eigenvalue weighted by Crippen LogP contribution is 2.55. The number of hydrogen-bond acceptors (Lipinski definition) is 0. The van der Waals surface area contributed by atoms with E-state index in [0.717, 1.165) is 11.3 Å². The van der Waals surface area contributed by atoms with Crippen molar-refractivity contribution in [1.29, 1.82) is 0 Å². The molecule has 0 bridgehead atoms. The Kier molecular flexibility index (Phi) is 6.87. The lowest BCUT2D eigenvalue weighted by molar-refractivity contribution is 0.484. The van der Waals surface area contributed by atoms with Crippen LogP contribution in [0.4, 0.5) is 0 Å². The van der Waals surface area contributed by atoms with Gasteiger partial charge in [0.25, 0.3) is 0 Å². The maximum Gasteiger partial charge on any atom is 0.00346 e. The van der Waals surface area contributed by atoms with Crippen molar-refractivity contribution in [2.24, 2.45) is 0 Å². The van der Waals surface area contributed by atoms with Gasteiger partial charge in [-0.15, -0.1) is 7.92 Å². The highest BCUT2D eigenvalue weighted by atomic mass is 79.9. The summed E-state index contributed by atoms with van der Waals surface area (Å²) in [6.45, 7) is 0. The van der Waals surface area contributed by atoms with E-state index in [1.54, 1.807) is 31.8 Å². The largest absolute Gasteiger partial charge is 0.100 e. The van der Waals surface area contributed by atoms with Crippen molar-refractivity contribution in [1.82, 2.24) is 0 Å². The van der Waals surface area contributed by atoms with Crippen molar-refractivity contribution in [3.63, 3.8) is 0 Å². The van der Waals surface area contributed by atoms with Gasteiger partial charge in [0.05, 0.1) is 0 Å². The lowest BCUT2D eigenvalue weighted by atomic mass is 9.99. The van der Waals surface area contributed by atoms with E-state index in [1.807, 2.05) is 0 Å². The van der Waals surface area contributed by atoms with E-state index in [4.69, 9.17) is 0 Å². The van der Waals surface area contributed by atoms with Crippen LogP contribution in [0.2, 0.25) is 0 Å². The molecule has 0 saturated heterocycles. The van der Waals surface area contributed by atoms with E-state index in [-0.39, 0.29) is 0 Å². The molecule has 0 nitrogen and oxygen atoms in total. The molecule has 2 heteroatoms. The molecule has 0 aliphatic heterocycles. The highest BCUT2D eigenvalue weighted by molar-refractivity contribution is 9.09. The third-order valence-electron chi connectivity index (χ3n) is 4.64. The molecule has 17 heavy (non-hydrogen) atoms. The Morgan fingerprint density at radius 3 is 1.65 bits per heavy atom. The fourth-order valence-electron chi connectivity index (χ4n) is 3.73. The lowest BCUT2D eigenvalue weighted by Gasteiger charge is -2.38. The molecule has 0 atom stereocenters. The van der Waals surface area contributed by atoms with Crippen molar-refractivity contribution in [3.05, 3.63) is 0 Å². The molecule has 0 aromatic rings. The highest BCUT2D eigenvalue weighted by Gasteiger charge is 2.30. The second-order valence-electron chi connectivity index (χ2n) is 5.86. The Balaban J connectivity index is 1.90. The van der Waals surface area contributed by atoms with Gasteiger partial charge in [0.2, 0.25) is 0 Å². The van der Waals surface area contributed by atoms with Crippen molar-refractivity contribution in [2.75, 3.05) is 11.5 Å². The first-order valence-corrected chi connectivity index (χ1v) is 10.5. The average Bonchev–Trinajstić information content (AvgIpc) is 2.42. The summed E-state index contributed by atoms with van der Waals surface area (Å²) in [6.07, 6.45) is 18.5. The smallest absolute Gasteiger partial charge is 0.00346 e. The Bertz CT molecular complexity index is 177. The topological polar surface area (TPSA) is 0 Å². The summed E-state index contributed by atoms with van der Waals surface area (Å²) >= 11 is 3.64. The maximum absolute atomic E-state index is 3.64. The molecule has 0 aromatic heterocycles. The van der Waals surface area contributed by atoms with Gasteiger partial charge in [-0.2, -0.15) is 0 Å². The van der Waals surface area contributed by atoms with E-state index in [0.29, 0.717) is 7.92 Å². The summed E-state index contributed by atoms with van der Waals surface area (Å²) in [4.78, 5) is 0. The van der Waals surface area contributed by atoms with Crippen LogP contribution in [0.15, 0.2) is 0 Å².